The van der Waals surface area contributed by atoms with Crippen LogP contribution in [0.5, 0.6) is 0 Å². The summed E-state index contributed by atoms with van der Waals surface area (Å²) in [5.74, 6) is -0.332. The van der Waals surface area contributed by atoms with Crippen molar-refractivity contribution >= 4 is 23.4 Å². The number of morpholine rings is 1. The van der Waals surface area contributed by atoms with E-state index in [-0.39, 0.29) is 27.9 Å². The molecule has 1 heterocycles. The number of amides is 2. The van der Waals surface area contributed by atoms with Gasteiger partial charge in [0.05, 0.1) is 25.3 Å². The highest BCUT2D eigenvalue weighted by Gasteiger charge is 2.34. The Bertz CT molecular complexity index is 746. The van der Waals surface area contributed by atoms with Crippen LogP contribution in [0.2, 0.25) is 5.02 Å². The number of ether oxygens (including phenoxy) is 1. The van der Waals surface area contributed by atoms with Crippen LogP contribution < -0.4 is 10.6 Å². The van der Waals surface area contributed by atoms with Gasteiger partial charge in [0, 0.05) is 29.7 Å². The van der Waals surface area contributed by atoms with E-state index in [0.717, 1.165) is 25.7 Å². The van der Waals surface area contributed by atoms with Gasteiger partial charge in [0.2, 0.25) is 5.91 Å². The smallest absolute Gasteiger partial charge is 0.251 e. The van der Waals surface area contributed by atoms with Crippen molar-refractivity contribution in [3.8, 4) is 0 Å². The summed E-state index contributed by atoms with van der Waals surface area (Å²) in [6, 6.07) is 4.15. The first kappa shape index (κ1) is 23.0. The summed E-state index contributed by atoms with van der Waals surface area (Å²) in [5.41, 5.74) is -0.0291. The fraction of sp³-hybridized carbons (Fsp3) is 0.636. The predicted molar refractivity (Wildman–Crippen MR) is 114 cm³/mol. The summed E-state index contributed by atoms with van der Waals surface area (Å²) >= 11 is 5.82. The van der Waals surface area contributed by atoms with E-state index in [9.17, 15) is 14.0 Å². The lowest BCUT2D eigenvalue weighted by Gasteiger charge is -2.42. The molecule has 1 saturated carbocycles. The average Bonchev–Trinajstić information content (AvgIpc) is 2.70. The minimum atomic E-state index is -0.519. The van der Waals surface area contributed by atoms with Crippen LogP contribution >= 0.6 is 11.6 Å². The molecule has 1 aromatic carbocycles. The summed E-state index contributed by atoms with van der Waals surface area (Å²) in [4.78, 5) is 26.7. The molecule has 2 amide bonds. The molecule has 0 unspecified atom stereocenters. The Balaban J connectivity index is 1.37. The van der Waals surface area contributed by atoms with Crippen LogP contribution in [0.1, 0.15) is 49.9 Å². The maximum atomic E-state index is 13.4. The van der Waals surface area contributed by atoms with Crippen molar-refractivity contribution in [2.45, 2.75) is 51.1 Å². The first-order valence-corrected chi connectivity index (χ1v) is 11.0. The second-order valence-electron chi connectivity index (χ2n) is 8.88. The zero-order chi connectivity index (χ0) is 21.7. The molecule has 1 saturated heterocycles. The fourth-order valence-corrected chi connectivity index (χ4v) is 4.46. The fourth-order valence-electron chi connectivity index (χ4n) is 4.24. The highest BCUT2D eigenvalue weighted by molar-refractivity contribution is 6.31. The molecular weight excluding hydrogens is 409 g/mol. The molecule has 2 fully saturated rings. The number of hydrogen-bond acceptors (Lipinski definition) is 4. The van der Waals surface area contributed by atoms with Crippen LogP contribution in [0.4, 0.5) is 4.39 Å². The van der Waals surface area contributed by atoms with Crippen molar-refractivity contribution < 1.29 is 18.7 Å². The van der Waals surface area contributed by atoms with E-state index < -0.39 is 5.82 Å². The molecule has 3 rings (SSSR count). The quantitative estimate of drug-likeness (QED) is 0.714. The average molecular weight is 440 g/mol. The second kappa shape index (κ2) is 10.1. The van der Waals surface area contributed by atoms with Crippen LogP contribution in [0.3, 0.4) is 0 Å². The third-order valence-electron chi connectivity index (χ3n) is 6.01. The molecule has 8 heteroatoms. The van der Waals surface area contributed by atoms with Crippen LogP contribution in [0.15, 0.2) is 18.2 Å². The summed E-state index contributed by atoms with van der Waals surface area (Å²) in [6.07, 6.45) is 3.87. The second-order valence-corrected chi connectivity index (χ2v) is 9.31. The zero-order valence-corrected chi connectivity index (χ0v) is 18.4. The minimum Gasteiger partial charge on any atom is -0.377 e. The van der Waals surface area contributed by atoms with Crippen LogP contribution in [0, 0.1) is 11.7 Å². The first-order chi connectivity index (χ1) is 14.2. The Morgan fingerprint density at radius 1 is 1.23 bits per heavy atom. The third-order valence-corrected chi connectivity index (χ3v) is 6.23. The van der Waals surface area contributed by atoms with Gasteiger partial charge in [-0.3, -0.25) is 9.59 Å². The summed E-state index contributed by atoms with van der Waals surface area (Å²) in [6.45, 7) is 6.75. The molecule has 1 aliphatic carbocycles. The van der Waals surface area contributed by atoms with Gasteiger partial charge >= 0.3 is 0 Å². The molecule has 166 valence electrons. The number of carbonyl (C=O) groups excluding carboxylic acids is 2. The van der Waals surface area contributed by atoms with E-state index in [2.05, 4.69) is 10.6 Å². The molecule has 2 N–H and O–H groups in total. The van der Waals surface area contributed by atoms with Gasteiger partial charge < -0.3 is 20.3 Å². The van der Waals surface area contributed by atoms with E-state index in [1.807, 2.05) is 18.7 Å². The van der Waals surface area contributed by atoms with E-state index in [4.69, 9.17) is 16.3 Å². The van der Waals surface area contributed by atoms with E-state index in [1.165, 1.54) is 18.2 Å². The van der Waals surface area contributed by atoms with Crippen molar-refractivity contribution in [2.24, 2.45) is 5.92 Å². The number of halogens is 2. The molecular formula is C22H31ClFN3O3. The number of nitrogens with zero attached hydrogens (tertiary/aromatic N) is 1. The number of carbonyl (C=O) groups is 2. The van der Waals surface area contributed by atoms with Gasteiger partial charge in [0.25, 0.3) is 5.91 Å². The number of rotatable bonds is 6. The van der Waals surface area contributed by atoms with Gasteiger partial charge in [-0.05, 0) is 63.6 Å². The summed E-state index contributed by atoms with van der Waals surface area (Å²) in [7, 11) is 0. The molecule has 6 nitrogen and oxygen atoms in total. The van der Waals surface area contributed by atoms with Gasteiger partial charge in [-0.25, -0.2) is 4.39 Å². The maximum absolute atomic E-state index is 13.4. The Kier molecular flexibility index (Phi) is 7.71. The first-order valence-electron chi connectivity index (χ1n) is 10.6. The Morgan fingerprint density at radius 3 is 2.63 bits per heavy atom. The SMILES string of the molecule is CC1(C)COCCN1C(=O)CN[C@H]1CC[C@@H](CNC(=O)c2cc(F)cc(Cl)c2)CC1. The highest BCUT2D eigenvalue weighted by atomic mass is 35.5. The molecule has 1 aliphatic heterocycles. The Hall–Kier alpha value is -1.70. The molecule has 0 bridgehead atoms. The highest BCUT2D eigenvalue weighted by Crippen LogP contribution is 2.24. The van der Waals surface area contributed by atoms with Crippen LogP contribution in [0.25, 0.3) is 0 Å². The number of benzene rings is 1. The van der Waals surface area contributed by atoms with Crippen molar-refractivity contribution in [3.63, 3.8) is 0 Å². The largest absolute Gasteiger partial charge is 0.377 e. The lowest BCUT2D eigenvalue weighted by Crippen LogP contribution is -2.57. The van der Waals surface area contributed by atoms with Crippen molar-refractivity contribution in [1.82, 2.24) is 15.5 Å². The predicted octanol–water partition coefficient (Wildman–Crippen LogP) is 2.99. The Morgan fingerprint density at radius 2 is 1.97 bits per heavy atom. The molecule has 2 aliphatic rings. The van der Waals surface area contributed by atoms with Crippen molar-refractivity contribution in [2.75, 3.05) is 32.8 Å². The molecule has 1 aromatic rings. The molecule has 0 spiro atoms. The van der Waals surface area contributed by atoms with Gasteiger partial charge in [0.15, 0.2) is 0 Å². The van der Waals surface area contributed by atoms with E-state index >= 15 is 0 Å². The van der Waals surface area contributed by atoms with Crippen molar-refractivity contribution in [1.29, 1.82) is 0 Å². The third kappa shape index (κ3) is 6.15. The van der Waals surface area contributed by atoms with E-state index in [1.54, 1.807) is 0 Å². The molecule has 30 heavy (non-hydrogen) atoms. The number of nitrogens with one attached hydrogen (secondary N) is 2. The monoisotopic (exact) mass is 439 g/mol. The summed E-state index contributed by atoms with van der Waals surface area (Å²) < 4.78 is 18.9. The molecule has 0 aromatic heterocycles. The lowest BCUT2D eigenvalue weighted by atomic mass is 9.86. The van der Waals surface area contributed by atoms with E-state index in [0.29, 0.717) is 44.8 Å². The normalized spacial score (nSPS) is 23.8. The lowest BCUT2D eigenvalue weighted by molar-refractivity contribution is -0.145. The van der Waals surface area contributed by atoms with Gasteiger partial charge in [-0.1, -0.05) is 11.6 Å². The van der Waals surface area contributed by atoms with Gasteiger partial charge in [0.1, 0.15) is 5.82 Å². The molecule has 0 atom stereocenters. The van der Waals surface area contributed by atoms with Gasteiger partial charge in [-0.2, -0.15) is 0 Å². The standard InChI is InChI=1S/C22H31ClFN3O3/c1-22(2)14-30-8-7-27(22)20(28)13-25-19-5-3-15(4-6-19)12-26-21(29)16-9-17(23)11-18(24)10-16/h9-11,15,19,25H,3-8,12-14H2,1-2H3,(H,26,29)/t15-,19+. The van der Waals surface area contributed by atoms with Crippen LogP contribution in [-0.4, -0.2) is 61.1 Å². The number of hydrogen-bond donors (Lipinski definition) is 2. The van der Waals surface area contributed by atoms with Crippen LogP contribution in [-0.2, 0) is 9.53 Å². The minimum absolute atomic E-state index is 0.117. The molecule has 0 radical (unpaired) electrons. The zero-order valence-electron chi connectivity index (χ0n) is 17.7. The summed E-state index contributed by atoms with van der Waals surface area (Å²) in [5, 5.41) is 6.50. The topological polar surface area (TPSA) is 70.7 Å². The van der Waals surface area contributed by atoms with Gasteiger partial charge in [-0.15, -0.1) is 0 Å². The van der Waals surface area contributed by atoms with Crippen molar-refractivity contribution in [3.05, 3.63) is 34.6 Å². The Labute approximate surface area is 182 Å². The maximum Gasteiger partial charge on any atom is 0.251 e.